The van der Waals surface area contributed by atoms with E-state index in [-0.39, 0.29) is 24.4 Å². The van der Waals surface area contributed by atoms with Gasteiger partial charge in [0.15, 0.2) is 0 Å². The van der Waals surface area contributed by atoms with Gasteiger partial charge < -0.3 is 14.8 Å². The van der Waals surface area contributed by atoms with Crippen molar-refractivity contribution in [2.45, 2.75) is 33.5 Å². The third-order valence-electron chi connectivity index (χ3n) is 4.01. The Labute approximate surface area is 169 Å². The van der Waals surface area contributed by atoms with Crippen LogP contribution in [-0.4, -0.2) is 17.0 Å². The van der Waals surface area contributed by atoms with Gasteiger partial charge in [-0.25, -0.2) is 9.37 Å². The van der Waals surface area contributed by atoms with Gasteiger partial charge in [0.1, 0.15) is 29.7 Å². The smallest absolute Gasteiger partial charge is 0.260 e. The van der Waals surface area contributed by atoms with Gasteiger partial charge in [0.05, 0.1) is 11.7 Å². The van der Waals surface area contributed by atoms with Gasteiger partial charge in [0, 0.05) is 6.20 Å². The maximum atomic E-state index is 13.3. The Balaban J connectivity index is 1.80. The number of anilines is 1. The molecule has 150 valence electrons. The van der Waals surface area contributed by atoms with Gasteiger partial charge in [-0.05, 0) is 68.3 Å². The molecule has 0 aliphatic rings. The number of amides is 1. The normalized spacial score (nSPS) is 10.7. The van der Waals surface area contributed by atoms with Crippen LogP contribution in [0.3, 0.4) is 0 Å². The molecule has 0 radical (unpaired) electrons. The van der Waals surface area contributed by atoms with Crippen LogP contribution in [0.15, 0.2) is 60.8 Å². The number of ether oxygens (including phenoxy) is 2. The van der Waals surface area contributed by atoms with Crippen LogP contribution in [0.4, 0.5) is 10.2 Å². The summed E-state index contributed by atoms with van der Waals surface area (Å²) in [6, 6.07) is 14.8. The Morgan fingerprint density at radius 2 is 1.97 bits per heavy atom. The lowest BCUT2D eigenvalue weighted by molar-refractivity contribution is 0.102. The zero-order valence-electron chi connectivity index (χ0n) is 16.6. The van der Waals surface area contributed by atoms with Gasteiger partial charge in [-0.15, -0.1) is 0 Å². The van der Waals surface area contributed by atoms with Crippen LogP contribution in [0.2, 0.25) is 0 Å². The maximum absolute atomic E-state index is 13.3. The second-order valence-electron chi connectivity index (χ2n) is 6.92. The van der Waals surface area contributed by atoms with Crippen LogP contribution >= 0.6 is 0 Å². The molecule has 6 heteroatoms. The number of rotatable bonds is 7. The number of nitrogens with one attached hydrogen (secondary N) is 1. The molecule has 2 aromatic carbocycles. The van der Waals surface area contributed by atoms with Crippen LogP contribution < -0.4 is 14.8 Å². The molecule has 3 rings (SSSR count). The number of benzene rings is 2. The van der Waals surface area contributed by atoms with Crippen LogP contribution in [0.5, 0.6) is 11.5 Å². The van der Waals surface area contributed by atoms with Crippen molar-refractivity contribution in [1.29, 1.82) is 0 Å². The lowest BCUT2D eigenvalue weighted by Gasteiger charge is -2.16. The van der Waals surface area contributed by atoms with Crippen molar-refractivity contribution in [1.82, 2.24) is 4.98 Å². The van der Waals surface area contributed by atoms with E-state index < -0.39 is 0 Å². The van der Waals surface area contributed by atoms with Crippen molar-refractivity contribution >= 4 is 11.7 Å². The molecule has 5 nitrogen and oxygen atoms in total. The van der Waals surface area contributed by atoms with Crippen LogP contribution in [0.1, 0.15) is 35.3 Å². The minimum atomic E-state index is -0.354. The topological polar surface area (TPSA) is 60.5 Å². The number of hydrogen-bond donors (Lipinski definition) is 1. The summed E-state index contributed by atoms with van der Waals surface area (Å²) in [5.41, 5.74) is 2.03. The molecule has 0 saturated heterocycles. The van der Waals surface area contributed by atoms with E-state index in [4.69, 9.17) is 9.47 Å². The average Bonchev–Trinajstić information content (AvgIpc) is 2.68. The van der Waals surface area contributed by atoms with Crippen molar-refractivity contribution < 1.29 is 18.7 Å². The summed E-state index contributed by atoms with van der Waals surface area (Å²) in [6.07, 6.45) is 1.58. The summed E-state index contributed by atoms with van der Waals surface area (Å²) in [6.45, 7) is 5.88. The second-order valence-corrected chi connectivity index (χ2v) is 6.92. The van der Waals surface area contributed by atoms with Gasteiger partial charge >= 0.3 is 0 Å². The molecule has 0 bridgehead atoms. The van der Waals surface area contributed by atoms with E-state index in [9.17, 15) is 9.18 Å². The van der Waals surface area contributed by atoms with Crippen molar-refractivity contribution in [2.24, 2.45) is 0 Å². The number of carbonyl (C=O) groups is 1. The summed E-state index contributed by atoms with van der Waals surface area (Å²) in [5.74, 6) is 0.697. The number of carbonyl (C=O) groups excluding carboxylic acids is 1. The van der Waals surface area contributed by atoms with Crippen molar-refractivity contribution in [3.05, 3.63) is 83.3 Å². The number of pyridine rings is 1. The fraction of sp³-hybridized carbons (Fsp3) is 0.217. The van der Waals surface area contributed by atoms with Crippen LogP contribution in [0, 0.1) is 12.7 Å². The number of aromatic nitrogens is 1. The van der Waals surface area contributed by atoms with Gasteiger partial charge in [-0.1, -0.05) is 18.2 Å². The molecule has 0 aliphatic heterocycles. The molecule has 3 aromatic rings. The molecule has 0 fully saturated rings. The highest BCUT2D eigenvalue weighted by molar-refractivity contribution is 6.06. The molecule has 0 saturated carbocycles. The summed E-state index contributed by atoms with van der Waals surface area (Å²) in [5, 5.41) is 2.77. The van der Waals surface area contributed by atoms with Gasteiger partial charge in [-0.2, -0.15) is 0 Å². The number of halogens is 1. The van der Waals surface area contributed by atoms with Gasteiger partial charge in [0.25, 0.3) is 5.91 Å². The van der Waals surface area contributed by atoms with E-state index in [1.807, 2.05) is 26.8 Å². The first kappa shape index (κ1) is 20.3. The lowest BCUT2D eigenvalue weighted by atomic mass is 10.1. The Morgan fingerprint density at radius 3 is 2.66 bits per heavy atom. The van der Waals surface area contributed by atoms with Crippen LogP contribution in [0.25, 0.3) is 0 Å². The highest BCUT2D eigenvalue weighted by atomic mass is 19.1. The van der Waals surface area contributed by atoms with Crippen molar-refractivity contribution in [2.75, 3.05) is 5.32 Å². The molecular formula is C23H23FN2O3. The SMILES string of the molecule is Cc1ccc(NC(=O)c2cc(OCc3cccc(F)c3)ccc2OC(C)C)nc1. The Hall–Kier alpha value is -3.41. The zero-order chi connectivity index (χ0) is 20.8. The quantitative estimate of drug-likeness (QED) is 0.602. The van der Waals surface area contributed by atoms with Gasteiger partial charge in [0.2, 0.25) is 0 Å². The van der Waals surface area contributed by atoms with E-state index in [1.54, 1.807) is 42.6 Å². The van der Waals surface area contributed by atoms with E-state index >= 15 is 0 Å². The highest BCUT2D eigenvalue weighted by Crippen LogP contribution is 2.27. The maximum Gasteiger partial charge on any atom is 0.260 e. The summed E-state index contributed by atoms with van der Waals surface area (Å²) in [4.78, 5) is 17.0. The highest BCUT2D eigenvalue weighted by Gasteiger charge is 2.16. The summed E-state index contributed by atoms with van der Waals surface area (Å²) >= 11 is 0. The van der Waals surface area contributed by atoms with Crippen molar-refractivity contribution in [3.8, 4) is 11.5 Å². The second kappa shape index (κ2) is 9.19. The molecule has 29 heavy (non-hydrogen) atoms. The first-order valence-electron chi connectivity index (χ1n) is 9.32. The zero-order valence-corrected chi connectivity index (χ0v) is 16.6. The number of hydrogen-bond acceptors (Lipinski definition) is 4. The predicted molar refractivity (Wildman–Crippen MR) is 110 cm³/mol. The standard InChI is InChI=1S/C23H23FN2O3/c1-15(2)29-21-9-8-19(28-14-17-5-4-6-18(24)11-17)12-20(21)23(27)26-22-10-7-16(3)13-25-22/h4-13,15H,14H2,1-3H3,(H,25,26,27). The van der Waals surface area contributed by atoms with E-state index in [0.29, 0.717) is 28.4 Å². The van der Waals surface area contributed by atoms with Crippen LogP contribution in [-0.2, 0) is 6.61 Å². The third kappa shape index (κ3) is 5.78. The molecule has 1 aromatic heterocycles. The molecule has 1 heterocycles. The lowest BCUT2D eigenvalue weighted by Crippen LogP contribution is -2.16. The first-order valence-corrected chi connectivity index (χ1v) is 9.32. The van der Waals surface area contributed by atoms with Gasteiger partial charge in [-0.3, -0.25) is 4.79 Å². The minimum absolute atomic E-state index is 0.0990. The molecule has 1 N–H and O–H groups in total. The Morgan fingerprint density at radius 1 is 1.14 bits per heavy atom. The Bertz CT molecular complexity index is 988. The monoisotopic (exact) mass is 394 g/mol. The molecule has 0 unspecified atom stereocenters. The first-order chi connectivity index (χ1) is 13.9. The van der Waals surface area contributed by atoms with E-state index in [0.717, 1.165) is 5.56 Å². The minimum Gasteiger partial charge on any atom is -0.490 e. The molecule has 1 amide bonds. The summed E-state index contributed by atoms with van der Waals surface area (Å²) in [7, 11) is 0. The van der Waals surface area contributed by atoms with E-state index in [1.165, 1.54) is 12.1 Å². The van der Waals surface area contributed by atoms with E-state index in [2.05, 4.69) is 10.3 Å². The molecular weight excluding hydrogens is 371 g/mol. The van der Waals surface area contributed by atoms with Crippen molar-refractivity contribution in [3.63, 3.8) is 0 Å². The fourth-order valence-corrected chi connectivity index (χ4v) is 2.65. The Kier molecular flexibility index (Phi) is 6.44. The molecule has 0 spiro atoms. The molecule has 0 aliphatic carbocycles. The third-order valence-corrected chi connectivity index (χ3v) is 4.01. The fourth-order valence-electron chi connectivity index (χ4n) is 2.65. The molecule has 0 atom stereocenters. The average molecular weight is 394 g/mol. The number of nitrogens with zero attached hydrogens (tertiary/aromatic N) is 1. The largest absolute Gasteiger partial charge is 0.490 e. The summed E-state index contributed by atoms with van der Waals surface area (Å²) < 4.78 is 24.9. The predicted octanol–water partition coefficient (Wildman–Crippen LogP) is 5.15. The number of aryl methyl sites for hydroxylation is 1.